The Morgan fingerprint density at radius 2 is 2.30 bits per heavy atom. The van der Waals surface area contributed by atoms with Crippen LogP contribution in [0.15, 0.2) is 26.1 Å². The lowest BCUT2D eigenvalue weighted by atomic mass is 10.2. The monoisotopic (exact) mass is 319 g/mol. The van der Waals surface area contributed by atoms with Gasteiger partial charge in [0.05, 0.1) is 19.7 Å². The van der Waals surface area contributed by atoms with Crippen LogP contribution in [0.5, 0.6) is 5.75 Å². The minimum atomic E-state index is -0.176. The molecule has 0 N–H and O–H groups in total. The van der Waals surface area contributed by atoms with E-state index in [1.165, 1.54) is 19.4 Å². The third-order valence-corrected chi connectivity index (χ3v) is 4.05. The van der Waals surface area contributed by atoms with Gasteiger partial charge in [-0.25, -0.2) is 0 Å². The van der Waals surface area contributed by atoms with Crippen LogP contribution >= 0.6 is 0 Å². The van der Waals surface area contributed by atoms with Crippen molar-refractivity contribution in [1.29, 1.82) is 0 Å². The van der Waals surface area contributed by atoms with Gasteiger partial charge in [0.25, 0.3) is 0 Å². The molecule has 0 aliphatic carbocycles. The molecule has 3 heterocycles. The maximum absolute atomic E-state index is 11.8. The maximum Gasteiger partial charge on any atom is 0.244 e. The summed E-state index contributed by atoms with van der Waals surface area (Å²) in [6.07, 6.45) is 3.36. The van der Waals surface area contributed by atoms with Gasteiger partial charge in [-0.3, -0.25) is 9.69 Å². The second-order valence-corrected chi connectivity index (χ2v) is 6.05. The van der Waals surface area contributed by atoms with Gasteiger partial charge in [-0.15, -0.1) is 0 Å². The quantitative estimate of drug-likeness (QED) is 0.837. The molecule has 1 atom stereocenters. The zero-order valence-electron chi connectivity index (χ0n) is 13.6. The third-order valence-electron chi connectivity index (χ3n) is 4.05. The topological polar surface area (TPSA) is 81.6 Å². The summed E-state index contributed by atoms with van der Waals surface area (Å²) in [5.41, 5.74) is -0.176. The maximum atomic E-state index is 11.8. The number of rotatable bonds is 5. The van der Waals surface area contributed by atoms with E-state index in [-0.39, 0.29) is 23.1 Å². The largest absolute Gasteiger partial charge is 0.490 e. The van der Waals surface area contributed by atoms with Crippen LogP contribution in [-0.2, 0) is 6.54 Å². The normalized spacial score (nSPS) is 18.7. The van der Waals surface area contributed by atoms with E-state index in [9.17, 15) is 4.79 Å². The van der Waals surface area contributed by atoms with E-state index in [1.54, 1.807) is 0 Å². The lowest BCUT2D eigenvalue weighted by Crippen LogP contribution is -2.23. The minimum absolute atomic E-state index is 0.0717. The van der Waals surface area contributed by atoms with Crippen molar-refractivity contribution >= 4 is 0 Å². The van der Waals surface area contributed by atoms with E-state index in [0.29, 0.717) is 18.2 Å². The smallest absolute Gasteiger partial charge is 0.244 e. The average molecular weight is 319 g/mol. The van der Waals surface area contributed by atoms with Gasteiger partial charge in [-0.05, 0) is 19.4 Å². The fourth-order valence-corrected chi connectivity index (χ4v) is 2.78. The van der Waals surface area contributed by atoms with Crippen LogP contribution in [0.3, 0.4) is 0 Å². The van der Waals surface area contributed by atoms with Gasteiger partial charge in [0.2, 0.25) is 17.1 Å². The van der Waals surface area contributed by atoms with Crippen molar-refractivity contribution < 1.29 is 13.7 Å². The Hall–Kier alpha value is -2.15. The van der Waals surface area contributed by atoms with Gasteiger partial charge >= 0.3 is 0 Å². The van der Waals surface area contributed by atoms with Crippen molar-refractivity contribution in [3.05, 3.63) is 40.0 Å². The number of nitrogens with zero attached hydrogens (tertiary/aromatic N) is 3. The van der Waals surface area contributed by atoms with E-state index in [0.717, 1.165) is 25.2 Å². The van der Waals surface area contributed by atoms with Gasteiger partial charge in [0, 0.05) is 12.0 Å². The van der Waals surface area contributed by atoms with Crippen LogP contribution < -0.4 is 10.2 Å². The molecule has 0 radical (unpaired) electrons. The molecule has 0 amide bonds. The van der Waals surface area contributed by atoms with Crippen molar-refractivity contribution in [3.63, 3.8) is 0 Å². The molecule has 23 heavy (non-hydrogen) atoms. The lowest BCUT2D eigenvalue weighted by Gasteiger charge is -2.20. The van der Waals surface area contributed by atoms with E-state index < -0.39 is 0 Å². The Bertz CT molecular complexity index is 722. The highest BCUT2D eigenvalue weighted by Gasteiger charge is 2.31. The number of hydrogen-bond acceptors (Lipinski definition) is 7. The van der Waals surface area contributed by atoms with E-state index in [1.807, 2.05) is 13.8 Å². The molecule has 0 bridgehead atoms. The van der Waals surface area contributed by atoms with Crippen LogP contribution in [0.4, 0.5) is 0 Å². The summed E-state index contributed by atoms with van der Waals surface area (Å²) in [5.74, 6) is 2.42. The molecule has 2 aromatic rings. The Balaban J connectivity index is 1.76. The SMILES string of the molecule is COc1coc(CN2CCC[C@H]2c2nc(C(C)C)no2)cc1=O. The molecule has 2 aromatic heterocycles. The van der Waals surface area contributed by atoms with Crippen molar-refractivity contribution in [3.8, 4) is 5.75 Å². The molecular weight excluding hydrogens is 298 g/mol. The second kappa shape index (κ2) is 6.54. The summed E-state index contributed by atoms with van der Waals surface area (Å²) in [4.78, 5) is 18.5. The highest BCUT2D eigenvalue weighted by Crippen LogP contribution is 2.32. The standard InChI is InChI=1S/C16H21N3O4/c1-10(2)15-17-16(23-18-15)12-5-4-6-19(12)8-11-7-13(20)14(21-3)9-22-11/h7,9-10,12H,4-6,8H2,1-3H3/t12-/m0/s1. The Morgan fingerprint density at radius 1 is 1.48 bits per heavy atom. The fraction of sp³-hybridized carbons (Fsp3) is 0.562. The van der Waals surface area contributed by atoms with Gasteiger partial charge < -0.3 is 13.7 Å². The van der Waals surface area contributed by atoms with E-state index in [2.05, 4.69) is 15.0 Å². The molecule has 124 valence electrons. The predicted molar refractivity (Wildman–Crippen MR) is 82.3 cm³/mol. The molecule has 0 aromatic carbocycles. The van der Waals surface area contributed by atoms with E-state index >= 15 is 0 Å². The Labute approximate surface area is 134 Å². The Kier molecular flexibility index (Phi) is 4.47. The summed E-state index contributed by atoms with van der Waals surface area (Å²) < 4.78 is 15.8. The molecule has 0 saturated carbocycles. The first-order valence-corrected chi connectivity index (χ1v) is 7.81. The van der Waals surface area contributed by atoms with Crippen LogP contribution in [0.1, 0.15) is 56.1 Å². The molecule has 7 nitrogen and oxygen atoms in total. The number of likely N-dealkylation sites (tertiary alicyclic amines) is 1. The number of methoxy groups -OCH3 is 1. The fourth-order valence-electron chi connectivity index (χ4n) is 2.78. The van der Waals surface area contributed by atoms with Crippen LogP contribution in [0.2, 0.25) is 0 Å². The van der Waals surface area contributed by atoms with Gasteiger partial charge in [0.1, 0.15) is 12.0 Å². The lowest BCUT2D eigenvalue weighted by molar-refractivity contribution is 0.186. The molecule has 3 rings (SSSR count). The minimum Gasteiger partial charge on any atom is -0.490 e. The predicted octanol–water partition coefficient (Wildman–Crippen LogP) is 2.49. The summed E-state index contributed by atoms with van der Waals surface area (Å²) in [7, 11) is 1.45. The highest BCUT2D eigenvalue weighted by atomic mass is 16.5. The van der Waals surface area contributed by atoms with Crippen LogP contribution in [0, 0.1) is 0 Å². The molecule has 0 spiro atoms. The number of aromatic nitrogens is 2. The first-order valence-electron chi connectivity index (χ1n) is 7.81. The number of hydrogen-bond donors (Lipinski definition) is 0. The van der Waals surface area contributed by atoms with E-state index in [4.69, 9.17) is 13.7 Å². The first kappa shape index (κ1) is 15.7. The molecule has 1 fully saturated rings. The highest BCUT2D eigenvalue weighted by molar-refractivity contribution is 5.17. The van der Waals surface area contributed by atoms with Crippen molar-refractivity contribution in [2.45, 2.75) is 45.2 Å². The van der Waals surface area contributed by atoms with Gasteiger partial charge in [-0.1, -0.05) is 19.0 Å². The molecule has 1 aliphatic heterocycles. The molecule has 0 unspecified atom stereocenters. The third kappa shape index (κ3) is 3.29. The zero-order chi connectivity index (χ0) is 16.4. The van der Waals surface area contributed by atoms with Crippen molar-refractivity contribution in [1.82, 2.24) is 15.0 Å². The molecule has 7 heteroatoms. The van der Waals surface area contributed by atoms with Crippen LogP contribution in [-0.4, -0.2) is 28.7 Å². The average Bonchev–Trinajstić information content (AvgIpc) is 3.16. The van der Waals surface area contributed by atoms with Gasteiger partial charge in [0.15, 0.2) is 5.82 Å². The zero-order valence-corrected chi connectivity index (χ0v) is 13.6. The van der Waals surface area contributed by atoms with Crippen LogP contribution in [0.25, 0.3) is 0 Å². The Morgan fingerprint density at radius 3 is 2.96 bits per heavy atom. The van der Waals surface area contributed by atoms with Gasteiger partial charge in [-0.2, -0.15) is 4.98 Å². The molecular formula is C16H21N3O4. The summed E-state index contributed by atoms with van der Waals surface area (Å²) in [6.45, 7) is 5.50. The summed E-state index contributed by atoms with van der Waals surface area (Å²) >= 11 is 0. The number of ether oxygens (including phenoxy) is 1. The summed E-state index contributed by atoms with van der Waals surface area (Å²) in [6, 6.07) is 1.55. The molecule has 1 saturated heterocycles. The summed E-state index contributed by atoms with van der Waals surface area (Å²) in [5, 5.41) is 4.04. The molecule has 1 aliphatic rings. The first-order chi connectivity index (χ1) is 11.1. The van der Waals surface area contributed by atoms with Crippen molar-refractivity contribution in [2.75, 3.05) is 13.7 Å². The second-order valence-electron chi connectivity index (χ2n) is 6.05. The van der Waals surface area contributed by atoms with Crippen molar-refractivity contribution in [2.24, 2.45) is 0 Å².